The molecule has 134 valence electrons. The maximum absolute atomic E-state index is 12.4. The van der Waals surface area contributed by atoms with Gasteiger partial charge in [-0.1, -0.05) is 56.0 Å². The summed E-state index contributed by atoms with van der Waals surface area (Å²) in [5.74, 6) is 1.74. The Kier molecular flexibility index (Phi) is 4.89. The van der Waals surface area contributed by atoms with E-state index in [1.807, 2.05) is 30.3 Å². The molecule has 1 aliphatic heterocycles. The van der Waals surface area contributed by atoms with E-state index in [2.05, 4.69) is 5.32 Å². The Morgan fingerprint density at radius 2 is 1.80 bits per heavy atom. The van der Waals surface area contributed by atoms with Crippen LogP contribution in [-0.2, 0) is 9.53 Å². The summed E-state index contributed by atoms with van der Waals surface area (Å²) in [6.45, 7) is 0.831. The molecule has 4 atom stereocenters. The molecule has 2 aliphatic carbocycles. The third-order valence-electron chi connectivity index (χ3n) is 6.39. The highest BCUT2D eigenvalue weighted by atomic mass is 16.5. The fourth-order valence-corrected chi connectivity index (χ4v) is 5.11. The van der Waals surface area contributed by atoms with Crippen molar-refractivity contribution in [3.63, 3.8) is 0 Å². The van der Waals surface area contributed by atoms with Crippen LogP contribution in [0.25, 0.3) is 0 Å². The lowest BCUT2D eigenvalue weighted by atomic mass is 9.61. The molecule has 0 aromatic heterocycles. The molecule has 1 aromatic rings. The molecule has 4 heteroatoms. The van der Waals surface area contributed by atoms with Gasteiger partial charge in [0.05, 0.1) is 6.10 Å². The van der Waals surface area contributed by atoms with E-state index in [1.165, 1.54) is 25.7 Å². The van der Waals surface area contributed by atoms with Crippen molar-refractivity contribution >= 4 is 11.7 Å². The molecule has 3 fully saturated rings. The lowest BCUT2D eigenvalue weighted by Gasteiger charge is -2.50. The molecule has 0 radical (unpaired) electrons. The molecule has 2 saturated carbocycles. The molecule has 0 unspecified atom stereocenters. The average molecular weight is 341 g/mol. The van der Waals surface area contributed by atoms with Gasteiger partial charge < -0.3 is 10.1 Å². The summed E-state index contributed by atoms with van der Waals surface area (Å²) in [7, 11) is 0. The van der Waals surface area contributed by atoms with Crippen LogP contribution in [0.5, 0.6) is 0 Å². The van der Waals surface area contributed by atoms with Crippen LogP contribution in [0.1, 0.15) is 55.3 Å². The lowest BCUT2D eigenvalue weighted by Crippen LogP contribution is -2.63. The molecule has 25 heavy (non-hydrogen) atoms. The SMILES string of the molecule is O=C(CCC(=O)c1ccccc1)N[C@@H]1[C@@H]2CCO[C@@H]2[C@@H]1C1CCCC1. The summed E-state index contributed by atoms with van der Waals surface area (Å²) in [5.41, 5.74) is 0.687. The third-order valence-corrected chi connectivity index (χ3v) is 6.39. The zero-order valence-corrected chi connectivity index (χ0v) is 14.7. The van der Waals surface area contributed by atoms with E-state index in [1.54, 1.807) is 0 Å². The van der Waals surface area contributed by atoms with Crippen molar-refractivity contribution in [3.05, 3.63) is 35.9 Å². The molecule has 4 rings (SSSR count). The van der Waals surface area contributed by atoms with Gasteiger partial charge in [0.2, 0.25) is 5.91 Å². The molecule has 1 heterocycles. The summed E-state index contributed by atoms with van der Waals surface area (Å²) in [6.07, 6.45) is 7.14. The van der Waals surface area contributed by atoms with Crippen LogP contribution >= 0.6 is 0 Å². The average Bonchev–Trinajstić information content (AvgIpc) is 3.29. The second-order valence-corrected chi connectivity index (χ2v) is 7.79. The highest BCUT2D eigenvalue weighted by molar-refractivity contribution is 5.97. The van der Waals surface area contributed by atoms with Gasteiger partial charge in [-0.25, -0.2) is 0 Å². The van der Waals surface area contributed by atoms with E-state index in [0.717, 1.165) is 13.0 Å². The minimum atomic E-state index is 0.0163. The number of ketones is 1. The Morgan fingerprint density at radius 3 is 2.56 bits per heavy atom. The maximum Gasteiger partial charge on any atom is 0.220 e. The molecule has 1 N–H and O–H groups in total. The first-order valence-electron chi connectivity index (χ1n) is 9.73. The summed E-state index contributed by atoms with van der Waals surface area (Å²) in [4.78, 5) is 24.6. The zero-order chi connectivity index (χ0) is 17.2. The van der Waals surface area contributed by atoms with Gasteiger partial charge in [0.1, 0.15) is 0 Å². The number of fused-ring (bicyclic) bond motifs is 1. The number of ether oxygens (including phenoxy) is 1. The van der Waals surface area contributed by atoms with Gasteiger partial charge in [-0.3, -0.25) is 9.59 Å². The standard InChI is InChI=1S/C21H27NO3/c23-17(14-6-2-1-3-7-14)10-11-18(24)22-20-16-12-13-25-21(16)19(20)15-8-4-5-9-15/h1-3,6-7,15-16,19-21H,4-5,8-13H2,(H,22,24)/t16-,19+,20+,21-/m0/s1. The van der Waals surface area contributed by atoms with Gasteiger partial charge in [0.15, 0.2) is 5.78 Å². The first kappa shape index (κ1) is 16.8. The van der Waals surface area contributed by atoms with Gasteiger partial charge in [0, 0.05) is 42.9 Å². The number of benzene rings is 1. The van der Waals surface area contributed by atoms with Crippen LogP contribution in [0.15, 0.2) is 30.3 Å². The highest BCUT2D eigenvalue weighted by Crippen LogP contribution is 2.51. The van der Waals surface area contributed by atoms with Crippen LogP contribution in [0.2, 0.25) is 0 Å². The Balaban J connectivity index is 1.31. The topological polar surface area (TPSA) is 55.4 Å². The van der Waals surface area contributed by atoms with Crippen molar-refractivity contribution in [2.75, 3.05) is 6.61 Å². The number of hydrogen-bond donors (Lipinski definition) is 1. The van der Waals surface area contributed by atoms with Gasteiger partial charge in [-0.2, -0.15) is 0 Å². The fourth-order valence-electron chi connectivity index (χ4n) is 5.11. The molecule has 1 aromatic carbocycles. The quantitative estimate of drug-likeness (QED) is 0.807. The van der Waals surface area contributed by atoms with E-state index < -0.39 is 0 Å². The summed E-state index contributed by atoms with van der Waals surface area (Å²) in [5, 5.41) is 3.25. The largest absolute Gasteiger partial charge is 0.377 e. The number of carbonyl (C=O) groups excluding carboxylic acids is 2. The van der Waals surface area contributed by atoms with Gasteiger partial charge in [-0.05, 0) is 12.3 Å². The summed E-state index contributed by atoms with van der Waals surface area (Å²) < 4.78 is 5.94. The predicted molar refractivity (Wildman–Crippen MR) is 95.2 cm³/mol. The van der Waals surface area contributed by atoms with Crippen molar-refractivity contribution in [1.82, 2.24) is 5.32 Å². The summed E-state index contributed by atoms with van der Waals surface area (Å²) in [6, 6.07) is 9.48. The van der Waals surface area contributed by atoms with E-state index in [4.69, 9.17) is 4.74 Å². The Bertz CT molecular complexity index is 619. The number of Topliss-reactive ketones (excluding diaryl/α,β-unsaturated/α-hetero) is 1. The van der Waals surface area contributed by atoms with Crippen molar-refractivity contribution in [1.29, 1.82) is 0 Å². The lowest BCUT2D eigenvalue weighted by molar-refractivity contribution is -0.129. The normalized spacial score (nSPS) is 31.4. The molecule has 0 bridgehead atoms. The molecule has 1 saturated heterocycles. The first-order chi connectivity index (χ1) is 12.2. The van der Waals surface area contributed by atoms with Crippen molar-refractivity contribution in [3.8, 4) is 0 Å². The number of nitrogens with one attached hydrogen (secondary N) is 1. The minimum Gasteiger partial charge on any atom is -0.377 e. The van der Waals surface area contributed by atoms with Crippen molar-refractivity contribution in [2.24, 2.45) is 17.8 Å². The molecule has 3 aliphatic rings. The van der Waals surface area contributed by atoms with Crippen LogP contribution in [0, 0.1) is 17.8 Å². The molecule has 1 amide bonds. The number of carbonyl (C=O) groups is 2. The predicted octanol–water partition coefficient (Wildman–Crippen LogP) is 3.36. The monoisotopic (exact) mass is 341 g/mol. The summed E-state index contributed by atoms with van der Waals surface area (Å²) >= 11 is 0. The van der Waals surface area contributed by atoms with Gasteiger partial charge >= 0.3 is 0 Å². The van der Waals surface area contributed by atoms with Crippen molar-refractivity contribution < 1.29 is 14.3 Å². The molecule has 4 nitrogen and oxygen atoms in total. The minimum absolute atomic E-state index is 0.0163. The molecular weight excluding hydrogens is 314 g/mol. The van der Waals surface area contributed by atoms with Crippen LogP contribution in [0.4, 0.5) is 0 Å². The van der Waals surface area contributed by atoms with Crippen molar-refractivity contribution in [2.45, 2.75) is 57.1 Å². The Hall–Kier alpha value is -1.68. The number of rotatable bonds is 6. The smallest absolute Gasteiger partial charge is 0.220 e. The Morgan fingerprint density at radius 1 is 1.04 bits per heavy atom. The third kappa shape index (κ3) is 3.37. The highest BCUT2D eigenvalue weighted by Gasteiger charge is 2.56. The van der Waals surface area contributed by atoms with E-state index in [-0.39, 0.29) is 30.6 Å². The van der Waals surface area contributed by atoms with Gasteiger partial charge in [-0.15, -0.1) is 0 Å². The number of hydrogen-bond acceptors (Lipinski definition) is 3. The van der Waals surface area contributed by atoms with E-state index >= 15 is 0 Å². The molecule has 0 spiro atoms. The first-order valence-corrected chi connectivity index (χ1v) is 9.73. The van der Waals surface area contributed by atoms with Gasteiger partial charge in [0.25, 0.3) is 0 Å². The second kappa shape index (κ2) is 7.28. The zero-order valence-electron chi connectivity index (χ0n) is 14.7. The van der Waals surface area contributed by atoms with E-state index in [9.17, 15) is 9.59 Å². The van der Waals surface area contributed by atoms with Crippen LogP contribution in [-0.4, -0.2) is 30.4 Å². The maximum atomic E-state index is 12.4. The number of amides is 1. The van der Waals surface area contributed by atoms with Crippen LogP contribution < -0.4 is 5.32 Å². The Labute approximate surface area is 149 Å². The fraction of sp³-hybridized carbons (Fsp3) is 0.619. The molecular formula is C21H27NO3. The second-order valence-electron chi connectivity index (χ2n) is 7.79. The van der Waals surface area contributed by atoms with Crippen LogP contribution in [0.3, 0.4) is 0 Å². The van der Waals surface area contributed by atoms with E-state index in [0.29, 0.717) is 29.4 Å².